The largest absolute Gasteiger partial charge is 0.467 e. The van der Waals surface area contributed by atoms with Gasteiger partial charge in [0.25, 0.3) is 0 Å². The highest BCUT2D eigenvalue weighted by Crippen LogP contribution is 1.93. The fraction of sp³-hybridized carbons (Fsp3) is 0.500. The summed E-state index contributed by atoms with van der Waals surface area (Å²) in [7, 11) is 1.37. The summed E-state index contributed by atoms with van der Waals surface area (Å²) >= 11 is 0. The zero-order valence-electron chi connectivity index (χ0n) is 7.52. The number of methoxy groups -OCH3 is 1. The molecule has 0 aliphatic rings. The molecule has 1 aromatic heterocycles. The van der Waals surface area contributed by atoms with Gasteiger partial charge in [0.05, 0.1) is 13.3 Å². The Bertz CT molecular complexity index is 278. The summed E-state index contributed by atoms with van der Waals surface area (Å²) < 4.78 is 7.82. The molecule has 1 aromatic rings. The minimum atomic E-state index is -0.367. The molecular weight excluding hydrogens is 156 g/mol. The standard InChI is InChI=1S/C8H13N2O2/c1-7(2)9-5-4-6-10(9)8(11)12-3/h4-7H,1-3H3/q+1. The molecule has 0 radical (unpaired) electrons. The van der Waals surface area contributed by atoms with Gasteiger partial charge < -0.3 is 4.74 Å². The molecule has 0 saturated carbocycles. The van der Waals surface area contributed by atoms with Crippen molar-refractivity contribution in [2.24, 2.45) is 0 Å². The number of carbonyl (C=O) groups is 1. The van der Waals surface area contributed by atoms with E-state index in [1.165, 1.54) is 11.8 Å². The molecule has 0 unspecified atom stereocenters. The Morgan fingerprint density at radius 3 is 2.75 bits per heavy atom. The molecule has 0 amide bonds. The number of carbonyl (C=O) groups excluding carboxylic acids is 1. The van der Waals surface area contributed by atoms with E-state index in [-0.39, 0.29) is 12.1 Å². The maximum absolute atomic E-state index is 11.1. The predicted molar refractivity (Wildman–Crippen MR) is 42.8 cm³/mol. The molecule has 1 heterocycles. The van der Waals surface area contributed by atoms with Crippen LogP contribution >= 0.6 is 0 Å². The Balaban J connectivity index is 2.99. The molecule has 0 aromatic carbocycles. The average molecular weight is 169 g/mol. The fourth-order valence-corrected chi connectivity index (χ4v) is 1.03. The van der Waals surface area contributed by atoms with Gasteiger partial charge in [0.2, 0.25) is 0 Å². The van der Waals surface area contributed by atoms with E-state index in [0.29, 0.717) is 0 Å². The molecule has 0 saturated heterocycles. The first-order valence-electron chi connectivity index (χ1n) is 3.84. The molecule has 0 aliphatic heterocycles. The third kappa shape index (κ3) is 1.47. The lowest BCUT2D eigenvalue weighted by atomic mass is 10.4. The minimum Gasteiger partial charge on any atom is -0.449 e. The molecule has 12 heavy (non-hydrogen) atoms. The monoisotopic (exact) mass is 169 g/mol. The number of rotatable bonds is 1. The average Bonchev–Trinajstić information content (AvgIpc) is 2.50. The van der Waals surface area contributed by atoms with Crippen LogP contribution in [0.25, 0.3) is 0 Å². The van der Waals surface area contributed by atoms with Crippen LogP contribution in [0.15, 0.2) is 18.5 Å². The van der Waals surface area contributed by atoms with Crippen LogP contribution in [-0.2, 0) is 4.74 Å². The Labute approximate surface area is 71.3 Å². The molecule has 66 valence electrons. The molecule has 0 spiro atoms. The van der Waals surface area contributed by atoms with Gasteiger partial charge in [0.15, 0.2) is 12.2 Å². The van der Waals surface area contributed by atoms with E-state index in [2.05, 4.69) is 4.74 Å². The summed E-state index contributed by atoms with van der Waals surface area (Å²) in [6, 6.07) is 2.05. The number of ether oxygens (including phenoxy) is 1. The third-order valence-corrected chi connectivity index (χ3v) is 1.61. The van der Waals surface area contributed by atoms with Gasteiger partial charge >= 0.3 is 6.09 Å². The van der Waals surface area contributed by atoms with Crippen LogP contribution in [0, 0.1) is 0 Å². The summed E-state index contributed by atoms with van der Waals surface area (Å²) in [6.45, 7) is 4.00. The molecule has 4 nitrogen and oxygen atoms in total. The van der Waals surface area contributed by atoms with Gasteiger partial charge in [-0.1, -0.05) is 4.68 Å². The lowest BCUT2D eigenvalue weighted by Gasteiger charge is -2.01. The third-order valence-electron chi connectivity index (χ3n) is 1.61. The van der Waals surface area contributed by atoms with Crippen LogP contribution in [0.4, 0.5) is 4.79 Å². The molecular formula is C8H13N2O2+. The molecule has 1 rings (SSSR count). The Morgan fingerprint density at radius 1 is 1.58 bits per heavy atom. The summed E-state index contributed by atoms with van der Waals surface area (Å²) in [6.07, 6.45) is 3.14. The SMILES string of the molecule is COC(=O)n1ccc[n+]1C(C)C. The van der Waals surface area contributed by atoms with Crippen LogP contribution in [0.5, 0.6) is 0 Å². The zero-order valence-corrected chi connectivity index (χ0v) is 7.52. The van der Waals surface area contributed by atoms with Crippen molar-refractivity contribution >= 4 is 6.09 Å². The first-order valence-corrected chi connectivity index (χ1v) is 3.84. The van der Waals surface area contributed by atoms with Gasteiger partial charge in [0, 0.05) is 6.07 Å². The van der Waals surface area contributed by atoms with Crippen molar-refractivity contribution in [2.75, 3.05) is 7.11 Å². The Morgan fingerprint density at radius 2 is 2.25 bits per heavy atom. The molecule has 0 aliphatic carbocycles. The fourth-order valence-electron chi connectivity index (χ4n) is 1.03. The van der Waals surface area contributed by atoms with Gasteiger partial charge in [-0.25, -0.2) is 4.79 Å². The lowest BCUT2D eigenvalue weighted by Crippen LogP contribution is -2.47. The van der Waals surface area contributed by atoms with E-state index < -0.39 is 0 Å². The van der Waals surface area contributed by atoms with E-state index in [0.717, 1.165) is 0 Å². The van der Waals surface area contributed by atoms with Crippen LogP contribution < -0.4 is 4.68 Å². The maximum atomic E-state index is 11.1. The van der Waals surface area contributed by atoms with Crippen LogP contribution in [-0.4, -0.2) is 17.9 Å². The van der Waals surface area contributed by atoms with Crippen molar-refractivity contribution in [3.8, 4) is 0 Å². The van der Waals surface area contributed by atoms with Crippen LogP contribution in [0.1, 0.15) is 19.9 Å². The van der Waals surface area contributed by atoms with E-state index in [9.17, 15) is 4.79 Å². The number of hydrogen-bond donors (Lipinski definition) is 0. The first-order chi connectivity index (χ1) is 5.66. The van der Waals surface area contributed by atoms with Crippen molar-refractivity contribution in [2.45, 2.75) is 19.9 Å². The second-order valence-corrected chi connectivity index (χ2v) is 2.78. The predicted octanol–water partition coefficient (Wildman–Crippen LogP) is 0.971. The second-order valence-electron chi connectivity index (χ2n) is 2.78. The summed E-state index contributed by atoms with van der Waals surface area (Å²) in [4.78, 5) is 11.1. The Hall–Kier alpha value is -1.32. The summed E-state index contributed by atoms with van der Waals surface area (Å²) in [5.74, 6) is 0. The highest BCUT2D eigenvalue weighted by atomic mass is 16.5. The topological polar surface area (TPSA) is 35.1 Å². The van der Waals surface area contributed by atoms with Gasteiger partial charge in [-0.3, -0.25) is 0 Å². The van der Waals surface area contributed by atoms with Crippen LogP contribution in [0.3, 0.4) is 0 Å². The molecule has 0 bridgehead atoms. The highest BCUT2D eigenvalue weighted by molar-refractivity contribution is 5.67. The highest BCUT2D eigenvalue weighted by Gasteiger charge is 2.18. The van der Waals surface area contributed by atoms with E-state index in [1.54, 1.807) is 16.9 Å². The molecule has 4 heteroatoms. The number of nitrogens with zero attached hydrogens (tertiary/aromatic N) is 2. The van der Waals surface area contributed by atoms with Gasteiger partial charge in [-0.15, -0.1) is 4.68 Å². The van der Waals surface area contributed by atoms with E-state index in [1.807, 2.05) is 20.0 Å². The maximum Gasteiger partial charge on any atom is 0.467 e. The van der Waals surface area contributed by atoms with Crippen molar-refractivity contribution in [3.63, 3.8) is 0 Å². The normalized spacial score (nSPS) is 10.3. The number of hydrogen-bond acceptors (Lipinski definition) is 2. The lowest BCUT2D eigenvalue weighted by molar-refractivity contribution is -0.782. The van der Waals surface area contributed by atoms with E-state index >= 15 is 0 Å². The van der Waals surface area contributed by atoms with Crippen molar-refractivity contribution in [3.05, 3.63) is 18.5 Å². The summed E-state index contributed by atoms with van der Waals surface area (Å²) in [5.41, 5.74) is 0. The van der Waals surface area contributed by atoms with Gasteiger partial charge in [0.1, 0.15) is 0 Å². The quantitative estimate of drug-likeness (QED) is 0.587. The Kier molecular flexibility index (Phi) is 2.47. The first kappa shape index (κ1) is 8.77. The zero-order chi connectivity index (χ0) is 9.14. The molecule has 0 fully saturated rings. The van der Waals surface area contributed by atoms with Gasteiger partial charge in [-0.2, -0.15) is 0 Å². The van der Waals surface area contributed by atoms with Crippen molar-refractivity contribution in [1.29, 1.82) is 0 Å². The second kappa shape index (κ2) is 3.38. The minimum absolute atomic E-state index is 0.249. The molecule has 0 N–H and O–H groups in total. The van der Waals surface area contributed by atoms with Crippen LogP contribution in [0.2, 0.25) is 0 Å². The smallest absolute Gasteiger partial charge is 0.449 e. The number of aromatic nitrogens is 2. The summed E-state index contributed by atoms with van der Waals surface area (Å²) in [5, 5.41) is 0. The van der Waals surface area contributed by atoms with Crippen molar-refractivity contribution < 1.29 is 14.2 Å². The van der Waals surface area contributed by atoms with E-state index in [4.69, 9.17) is 0 Å². The van der Waals surface area contributed by atoms with Gasteiger partial charge in [-0.05, 0) is 13.8 Å². The van der Waals surface area contributed by atoms with Crippen molar-refractivity contribution in [1.82, 2.24) is 4.68 Å². The molecule has 0 atom stereocenters.